The van der Waals surface area contributed by atoms with Gasteiger partial charge in [0, 0.05) is 45.8 Å². The van der Waals surface area contributed by atoms with Gasteiger partial charge < -0.3 is 21.1 Å². The van der Waals surface area contributed by atoms with Crippen LogP contribution in [-0.4, -0.2) is 53.6 Å². The summed E-state index contributed by atoms with van der Waals surface area (Å²) in [5.41, 5.74) is 0.641. The summed E-state index contributed by atoms with van der Waals surface area (Å²) in [6, 6.07) is 9.79. The summed E-state index contributed by atoms with van der Waals surface area (Å²) in [5.74, 6) is -1.35. The summed E-state index contributed by atoms with van der Waals surface area (Å²) in [6.45, 7) is 4.49. The molecule has 2 saturated carbocycles. The van der Waals surface area contributed by atoms with Crippen molar-refractivity contribution in [2.75, 3.05) is 12.4 Å². The first kappa shape index (κ1) is 30.4. The molecular weight excluding hydrogens is 587 g/mol. The van der Waals surface area contributed by atoms with Crippen LogP contribution >= 0.6 is 23.2 Å². The van der Waals surface area contributed by atoms with Gasteiger partial charge in [0.05, 0.1) is 12.1 Å². The molecule has 0 radical (unpaired) electrons. The molecule has 2 aromatic carbocycles. The number of hydrogen-bond donors (Lipinski definition) is 5. The number of benzene rings is 2. The van der Waals surface area contributed by atoms with Crippen molar-refractivity contribution < 1.29 is 19.5 Å². The Morgan fingerprint density at radius 2 is 1.65 bits per heavy atom. The van der Waals surface area contributed by atoms with E-state index in [1.54, 1.807) is 37.4 Å². The number of fused-ring (bicyclic) bond motifs is 3. The van der Waals surface area contributed by atoms with E-state index in [0.29, 0.717) is 65.4 Å². The number of amides is 3. The van der Waals surface area contributed by atoms with E-state index in [-0.39, 0.29) is 35.3 Å². The van der Waals surface area contributed by atoms with Crippen LogP contribution in [0.4, 0.5) is 5.69 Å². The summed E-state index contributed by atoms with van der Waals surface area (Å²) < 4.78 is 0. The number of rotatable bonds is 4. The lowest BCUT2D eigenvalue weighted by molar-refractivity contribution is -0.125. The number of hydrogen-bond acceptors (Lipinski definition) is 5. The molecule has 0 unspecified atom stereocenters. The molecular formula is C33H40Cl2N4O4. The first-order valence-corrected chi connectivity index (χ1v) is 16.0. The lowest BCUT2D eigenvalue weighted by Crippen LogP contribution is -2.61. The highest BCUT2D eigenvalue weighted by atomic mass is 35.5. The van der Waals surface area contributed by atoms with E-state index in [1.165, 1.54) is 0 Å². The molecule has 0 aromatic heterocycles. The van der Waals surface area contributed by atoms with Crippen LogP contribution < -0.4 is 21.3 Å². The topological polar surface area (TPSA) is 120 Å². The minimum atomic E-state index is -1.17. The Hall–Kier alpha value is -2.65. The summed E-state index contributed by atoms with van der Waals surface area (Å²) >= 11 is 13.1. The largest absolute Gasteiger partial charge is 0.393 e. The molecule has 8 nitrogen and oxygen atoms in total. The molecule has 1 saturated heterocycles. The van der Waals surface area contributed by atoms with Gasteiger partial charge in [-0.05, 0) is 98.2 Å². The Labute approximate surface area is 262 Å². The molecule has 2 aliphatic carbocycles. The second kappa shape index (κ2) is 11.1. The van der Waals surface area contributed by atoms with E-state index in [4.69, 9.17) is 23.2 Å². The van der Waals surface area contributed by atoms with Gasteiger partial charge in [0.15, 0.2) is 0 Å². The minimum absolute atomic E-state index is 0.0690. The zero-order chi connectivity index (χ0) is 30.7. The maximum Gasteiger partial charge on any atom is 0.251 e. The van der Waals surface area contributed by atoms with E-state index in [2.05, 4.69) is 35.1 Å². The van der Waals surface area contributed by atoms with Crippen molar-refractivity contribution in [3.63, 3.8) is 0 Å². The normalized spacial score (nSPS) is 30.6. The van der Waals surface area contributed by atoms with Gasteiger partial charge in [-0.2, -0.15) is 0 Å². The molecule has 2 heterocycles. The summed E-state index contributed by atoms with van der Waals surface area (Å²) in [6.07, 6.45) is 5.43. The first-order valence-electron chi connectivity index (χ1n) is 15.3. The summed E-state index contributed by atoms with van der Waals surface area (Å²) in [4.78, 5) is 41.9. The fourth-order valence-corrected chi connectivity index (χ4v) is 8.68. The fraction of sp³-hybridized carbons (Fsp3) is 0.545. The smallest absolute Gasteiger partial charge is 0.251 e. The highest BCUT2D eigenvalue weighted by Crippen LogP contribution is 2.63. The molecule has 230 valence electrons. The monoisotopic (exact) mass is 626 g/mol. The highest BCUT2D eigenvalue weighted by molar-refractivity contribution is 6.31. The molecule has 43 heavy (non-hydrogen) atoms. The van der Waals surface area contributed by atoms with E-state index in [9.17, 15) is 19.5 Å². The van der Waals surface area contributed by atoms with Crippen molar-refractivity contribution >= 4 is 46.6 Å². The molecule has 0 bridgehead atoms. The Morgan fingerprint density at radius 3 is 2.33 bits per heavy atom. The third-order valence-corrected chi connectivity index (χ3v) is 11.0. The maximum atomic E-state index is 14.7. The van der Waals surface area contributed by atoms with Crippen molar-refractivity contribution in [2.24, 2.45) is 5.41 Å². The minimum Gasteiger partial charge on any atom is -0.393 e. The van der Waals surface area contributed by atoms with Crippen LogP contribution in [0.15, 0.2) is 36.4 Å². The number of halogens is 2. The summed E-state index contributed by atoms with van der Waals surface area (Å²) in [5, 5.41) is 23.8. The van der Waals surface area contributed by atoms with E-state index >= 15 is 0 Å². The van der Waals surface area contributed by atoms with Gasteiger partial charge in [0.2, 0.25) is 11.8 Å². The van der Waals surface area contributed by atoms with Gasteiger partial charge in [-0.3, -0.25) is 19.7 Å². The van der Waals surface area contributed by atoms with Crippen molar-refractivity contribution in [3.05, 3.63) is 63.1 Å². The van der Waals surface area contributed by atoms with Gasteiger partial charge in [-0.25, -0.2) is 0 Å². The Balaban J connectivity index is 1.55. The molecule has 2 aliphatic heterocycles. The quantitative estimate of drug-likeness (QED) is 0.325. The van der Waals surface area contributed by atoms with Crippen LogP contribution in [0.2, 0.25) is 10.0 Å². The number of nitrogens with one attached hydrogen (secondary N) is 4. The van der Waals surface area contributed by atoms with Crippen molar-refractivity contribution in [1.82, 2.24) is 16.0 Å². The second-order valence-electron chi connectivity index (χ2n) is 13.7. The van der Waals surface area contributed by atoms with Gasteiger partial charge in [0.1, 0.15) is 5.41 Å². The van der Waals surface area contributed by atoms with Crippen LogP contribution in [0.5, 0.6) is 0 Å². The van der Waals surface area contributed by atoms with Crippen LogP contribution in [0.1, 0.15) is 92.6 Å². The Bertz CT molecular complexity index is 1460. The summed E-state index contributed by atoms with van der Waals surface area (Å²) in [7, 11) is 1.56. The highest BCUT2D eigenvalue weighted by Gasteiger charge is 2.72. The predicted molar refractivity (Wildman–Crippen MR) is 168 cm³/mol. The average molecular weight is 628 g/mol. The number of anilines is 1. The van der Waals surface area contributed by atoms with Crippen molar-refractivity contribution in [1.29, 1.82) is 0 Å². The molecule has 5 N–H and O–H groups in total. The van der Waals surface area contributed by atoms with E-state index in [0.717, 1.165) is 18.4 Å². The van der Waals surface area contributed by atoms with Crippen LogP contribution in [-0.2, 0) is 15.0 Å². The number of aliphatic hydroxyl groups is 1. The number of carbonyl (C=O) groups excluding carboxylic acids is 3. The lowest BCUT2D eigenvalue weighted by atomic mass is 9.53. The molecule has 10 heteroatoms. The van der Waals surface area contributed by atoms with E-state index in [1.807, 2.05) is 6.07 Å². The van der Waals surface area contributed by atoms with Gasteiger partial charge >= 0.3 is 0 Å². The van der Waals surface area contributed by atoms with E-state index < -0.39 is 22.9 Å². The molecule has 2 spiro atoms. The maximum absolute atomic E-state index is 14.7. The van der Waals surface area contributed by atoms with Gasteiger partial charge in [-0.15, -0.1) is 0 Å². The molecule has 6 rings (SSSR count). The number of aliphatic hydroxyl groups excluding tert-OH is 1. The molecule has 3 fully saturated rings. The standard InChI is InChI=1S/C33H40Cl2N4O4/c1-31(2)10-12-32(13-11-31)33(24-9-4-20(34)17-25(24)38-30(33)43)26(18-14-19(28(41)36-3)16-21(35)15-18)27(39-32)29(42)37-22-5-7-23(40)8-6-22/h4,9,14-17,22-23,26-27,39-40H,5-8,10-13H2,1-3H3,(H,36,41)(H,37,42)(H,38,43)/t22-,23-,26-,27+,33+/m0/s1. The zero-order valence-electron chi connectivity index (χ0n) is 24.9. The third-order valence-electron chi connectivity index (χ3n) is 10.6. The molecule has 2 aromatic rings. The number of carbonyl (C=O) groups is 3. The van der Waals surface area contributed by atoms with Gasteiger partial charge in [0.25, 0.3) is 5.91 Å². The van der Waals surface area contributed by atoms with Crippen molar-refractivity contribution in [2.45, 2.75) is 100 Å². The predicted octanol–water partition coefficient (Wildman–Crippen LogP) is 5.06. The molecule has 3 atom stereocenters. The van der Waals surface area contributed by atoms with Crippen LogP contribution in [0, 0.1) is 5.41 Å². The van der Waals surface area contributed by atoms with Gasteiger partial charge in [-0.1, -0.05) is 43.1 Å². The first-order chi connectivity index (χ1) is 20.4. The molecule has 3 amide bonds. The third kappa shape index (κ3) is 5.04. The zero-order valence-corrected chi connectivity index (χ0v) is 26.4. The average Bonchev–Trinajstić information content (AvgIpc) is 3.43. The van der Waals surface area contributed by atoms with Crippen molar-refractivity contribution in [3.8, 4) is 0 Å². The van der Waals surface area contributed by atoms with Crippen LogP contribution in [0.3, 0.4) is 0 Å². The Kier molecular flexibility index (Phi) is 7.81. The van der Waals surface area contributed by atoms with Crippen LogP contribution in [0.25, 0.3) is 0 Å². The molecule has 4 aliphatic rings. The fourth-order valence-electron chi connectivity index (χ4n) is 8.26. The SMILES string of the molecule is CNC(=O)c1cc(Cl)cc([C@H]2[C@H](C(=O)N[C@H]3CC[C@H](O)CC3)NC3(CCC(C)(C)CC3)[C@@]23C(=O)Nc2cc(Cl)ccc23)c1. The Morgan fingerprint density at radius 1 is 0.953 bits per heavy atom. The lowest BCUT2D eigenvalue weighted by Gasteiger charge is -2.50. The second-order valence-corrected chi connectivity index (χ2v) is 14.5.